The van der Waals surface area contributed by atoms with Crippen molar-refractivity contribution in [1.29, 1.82) is 0 Å². The highest BCUT2D eigenvalue weighted by Gasteiger charge is 2.36. The van der Waals surface area contributed by atoms with Crippen LogP contribution >= 0.6 is 0 Å². The van der Waals surface area contributed by atoms with Gasteiger partial charge in [0.25, 0.3) is 0 Å². The van der Waals surface area contributed by atoms with Gasteiger partial charge in [-0.25, -0.2) is 0 Å². The molecule has 2 rings (SSSR count). The van der Waals surface area contributed by atoms with Crippen LogP contribution in [0.4, 0.5) is 0 Å². The fraction of sp³-hybridized carbons (Fsp3) is 1.00. The maximum atomic E-state index is 2.50. The molecule has 0 aromatic heterocycles. The zero-order valence-electron chi connectivity index (χ0n) is 9.26. The lowest BCUT2D eigenvalue weighted by molar-refractivity contribution is 0.0781. The van der Waals surface area contributed by atoms with E-state index in [-0.39, 0.29) is 0 Å². The first-order valence-electron chi connectivity index (χ1n) is 6.29. The third-order valence-corrected chi connectivity index (χ3v) is 4.66. The molecule has 0 aromatic carbocycles. The quantitative estimate of drug-likeness (QED) is 0.529. The first kappa shape index (κ1) is 9.55. The fourth-order valence-corrected chi connectivity index (χ4v) is 3.49. The van der Waals surface area contributed by atoms with Crippen LogP contribution in [0.25, 0.3) is 0 Å². The van der Waals surface area contributed by atoms with Gasteiger partial charge >= 0.3 is 0 Å². The summed E-state index contributed by atoms with van der Waals surface area (Å²) in [5, 5.41) is 0. The average Bonchev–Trinajstić information content (AvgIpc) is 2.30. The molecule has 0 radical (unpaired) electrons. The SMILES string of the molecule is CC1CCCCCC1C1CCC1C. The minimum absolute atomic E-state index is 1.02. The van der Waals surface area contributed by atoms with Crippen molar-refractivity contribution in [2.45, 2.75) is 58.8 Å². The monoisotopic (exact) mass is 180 g/mol. The summed E-state index contributed by atoms with van der Waals surface area (Å²) < 4.78 is 0. The van der Waals surface area contributed by atoms with Crippen LogP contribution in [0.5, 0.6) is 0 Å². The van der Waals surface area contributed by atoms with Gasteiger partial charge in [0.15, 0.2) is 0 Å². The van der Waals surface area contributed by atoms with Crippen molar-refractivity contribution in [3.8, 4) is 0 Å². The second-order valence-corrected chi connectivity index (χ2v) is 5.50. The zero-order valence-corrected chi connectivity index (χ0v) is 9.26. The molecular weight excluding hydrogens is 156 g/mol. The third kappa shape index (κ3) is 1.92. The van der Waals surface area contributed by atoms with E-state index in [4.69, 9.17) is 0 Å². The van der Waals surface area contributed by atoms with Crippen LogP contribution in [0.15, 0.2) is 0 Å². The molecule has 0 N–H and O–H groups in total. The van der Waals surface area contributed by atoms with E-state index in [2.05, 4.69) is 13.8 Å². The number of hydrogen-bond donors (Lipinski definition) is 0. The summed E-state index contributed by atoms with van der Waals surface area (Å²) in [6, 6.07) is 0. The molecule has 4 unspecified atom stereocenters. The molecule has 76 valence electrons. The highest BCUT2D eigenvalue weighted by atomic mass is 14.4. The Morgan fingerprint density at radius 3 is 1.85 bits per heavy atom. The lowest BCUT2D eigenvalue weighted by atomic mass is 9.63. The van der Waals surface area contributed by atoms with Gasteiger partial charge in [0.05, 0.1) is 0 Å². The normalized spacial score (nSPS) is 46.6. The summed E-state index contributed by atoms with van der Waals surface area (Å²) in [6.07, 6.45) is 10.6. The average molecular weight is 180 g/mol. The molecule has 2 aliphatic rings. The first-order chi connectivity index (χ1) is 6.29. The van der Waals surface area contributed by atoms with Gasteiger partial charge in [-0.2, -0.15) is 0 Å². The first-order valence-corrected chi connectivity index (χ1v) is 6.29. The van der Waals surface area contributed by atoms with Crippen molar-refractivity contribution in [3.05, 3.63) is 0 Å². The summed E-state index contributed by atoms with van der Waals surface area (Å²) in [5.74, 6) is 4.26. The predicted octanol–water partition coefficient (Wildman–Crippen LogP) is 4.25. The molecule has 2 aliphatic carbocycles. The molecule has 2 saturated carbocycles. The van der Waals surface area contributed by atoms with E-state index in [9.17, 15) is 0 Å². The Kier molecular flexibility index (Phi) is 2.96. The largest absolute Gasteiger partial charge is 0.0622 e. The van der Waals surface area contributed by atoms with Crippen LogP contribution in [-0.2, 0) is 0 Å². The molecule has 0 nitrogen and oxygen atoms in total. The minimum Gasteiger partial charge on any atom is -0.0622 e. The molecule has 0 amide bonds. The van der Waals surface area contributed by atoms with Crippen LogP contribution in [0, 0.1) is 23.7 Å². The fourth-order valence-electron chi connectivity index (χ4n) is 3.49. The van der Waals surface area contributed by atoms with E-state index in [1.807, 2.05) is 0 Å². The molecule has 0 heterocycles. The molecule has 0 aliphatic heterocycles. The summed E-state index contributed by atoms with van der Waals surface area (Å²) >= 11 is 0. The van der Waals surface area contributed by atoms with E-state index >= 15 is 0 Å². The lowest BCUT2D eigenvalue weighted by Crippen LogP contribution is -2.33. The Morgan fingerprint density at radius 2 is 1.23 bits per heavy atom. The van der Waals surface area contributed by atoms with Crippen molar-refractivity contribution >= 4 is 0 Å². The maximum absolute atomic E-state index is 2.50. The lowest BCUT2D eigenvalue weighted by Gasteiger charge is -2.42. The Balaban J connectivity index is 1.94. The molecular formula is C13H24. The summed E-state index contributed by atoms with van der Waals surface area (Å²) in [5.41, 5.74) is 0. The van der Waals surface area contributed by atoms with Crippen LogP contribution in [0.3, 0.4) is 0 Å². The third-order valence-electron chi connectivity index (χ3n) is 4.66. The molecule has 0 spiro atoms. The Hall–Kier alpha value is 0. The van der Waals surface area contributed by atoms with Crippen molar-refractivity contribution < 1.29 is 0 Å². The molecule has 0 aromatic rings. The summed E-state index contributed by atoms with van der Waals surface area (Å²) in [6.45, 7) is 4.97. The highest BCUT2D eigenvalue weighted by Crippen LogP contribution is 2.46. The number of hydrogen-bond acceptors (Lipinski definition) is 0. The number of rotatable bonds is 1. The van der Waals surface area contributed by atoms with E-state index in [0.29, 0.717) is 0 Å². The molecule has 13 heavy (non-hydrogen) atoms. The van der Waals surface area contributed by atoms with Crippen LogP contribution in [0.2, 0.25) is 0 Å². The predicted molar refractivity (Wildman–Crippen MR) is 57.6 cm³/mol. The Morgan fingerprint density at radius 1 is 0.615 bits per heavy atom. The Labute approximate surface area is 83.1 Å². The highest BCUT2D eigenvalue weighted by molar-refractivity contribution is 4.86. The molecule has 0 heteroatoms. The van der Waals surface area contributed by atoms with E-state index < -0.39 is 0 Å². The molecule has 2 fully saturated rings. The van der Waals surface area contributed by atoms with Gasteiger partial charge in [0.1, 0.15) is 0 Å². The zero-order chi connectivity index (χ0) is 9.26. The topological polar surface area (TPSA) is 0 Å². The van der Waals surface area contributed by atoms with Crippen LogP contribution < -0.4 is 0 Å². The van der Waals surface area contributed by atoms with Crippen molar-refractivity contribution in [2.24, 2.45) is 23.7 Å². The van der Waals surface area contributed by atoms with E-state index in [1.54, 1.807) is 0 Å². The standard InChI is InChI=1S/C13H24/c1-10-6-4-3-5-7-12(10)13-9-8-11(13)2/h10-13H,3-9H2,1-2H3. The van der Waals surface area contributed by atoms with Crippen molar-refractivity contribution in [2.75, 3.05) is 0 Å². The van der Waals surface area contributed by atoms with Gasteiger partial charge in [0.2, 0.25) is 0 Å². The second-order valence-electron chi connectivity index (χ2n) is 5.50. The van der Waals surface area contributed by atoms with Gasteiger partial charge in [-0.3, -0.25) is 0 Å². The summed E-state index contributed by atoms with van der Waals surface area (Å²) in [4.78, 5) is 0. The molecule has 4 atom stereocenters. The van der Waals surface area contributed by atoms with Crippen LogP contribution in [0.1, 0.15) is 58.8 Å². The van der Waals surface area contributed by atoms with E-state index in [1.165, 1.54) is 44.9 Å². The van der Waals surface area contributed by atoms with Crippen molar-refractivity contribution in [1.82, 2.24) is 0 Å². The minimum atomic E-state index is 1.02. The molecule has 0 saturated heterocycles. The van der Waals surface area contributed by atoms with Gasteiger partial charge < -0.3 is 0 Å². The van der Waals surface area contributed by atoms with Gasteiger partial charge in [-0.1, -0.05) is 46.0 Å². The maximum Gasteiger partial charge on any atom is -0.0357 e. The smallest absolute Gasteiger partial charge is 0.0357 e. The van der Waals surface area contributed by atoms with Gasteiger partial charge in [-0.05, 0) is 36.5 Å². The van der Waals surface area contributed by atoms with E-state index in [0.717, 1.165) is 23.7 Å². The summed E-state index contributed by atoms with van der Waals surface area (Å²) in [7, 11) is 0. The van der Waals surface area contributed by atoms with Crippen LogP contribution in [-0.4, -0.2) is 0 Å². The Bertz CT molecular complexity index is 161. The van der Waals surface area contributed by atoms with Crippen molar-refractivity contribution in [3.63, 3.8) is 0 Å². The van der Waals surface area contributed by atoms with Gasteiger partial charge in [0, 0.05) is 0 Å². The van der Waals surface area contributed by atoms with Gasteiger partial charge in [-0.15, -0.1) is 0 Å². The second kappa shape index (κ2) is 4.02. The molecule has 0 bridgehead atoms.